The van der Waals surface area contributed by atoms with E-state index in [1.165, 1.54) is 18.4 Å². The molecule has 3 rings (SSSR count). The first-order valence-electron chi connectivity index (χ1n) is 8.03. The van der Waals surface area contributed by atoms with Gasteiger partial charge < -0.3 is 15.0 Å². The van der Waals surface area contributed by atoms with E-state index in [9.17, 15) is 4.79 Å². The molecule has 1 saturated heterocycles. The van der Waals surface area contributed by atoms with Crippen LogP contribution < -0.4 is 15.0 Å². The monoisotopic (exact) mass is 288 g/mol. The molecule has 2 heterocycles. The van der Waals surface area contributed by atoms with Crippen molar-refractivity contribution in [3.63, 3.8) is 0 Å². The summed E-state index contributed by atoms with van der Waals surface area (Å²) in [6, 6.07) is 6.85. The molecule has 21 heavy (non-hydrogen) atoms. The maximum absolute atomic E-state index is 12.3. The van der Waals surface area contributed by atoms with Crippen LogP contribution in [0.3, 0.4) is 0 Å². The summed E-state index contributed by atoms with van der Waals surface area (Å²) in [5.41, 5.74) is 2.22. The van der Waals surface area contributed by atoms with Crippen LogP contribution in [0.5, 0.6) is 5.75 Å². The first-order chi connectivity index (χ1) is 10.2. The fraction of sp³-hybridized carbons (Fsp3) is 0.588. The van der Waals surface area contributed by atoms with Crippen molar-refractivity contribution in [2.75, 3.05) is 18.0 Å². The SMILES string of the molecule is CCCN1C(=O)C(C)Oc2ccc(CC3CCCN3)cc21. The van der Waals surface area contributed by atoms with Gasteiger partial charge in [0.15, 0.2) is 6.10 Å². The molecule has 1 fully saturated rings. The maximum Gasteiger partial charge on any atom is 0.267 e. The number of fused-ring (bicyclic) bond motifs is 1. The predicted octanol–water partition coefficient (Wildman–Crippen LogP) is 2.50. The van der Waals surface area contributed by atoms with Crippen molar-refractivity contribution in [3.05, 3.63) is 23.8 Å². The maximum atomic E-state index is 12.3. The molecule has 2 unspecified atom stereocenters. The average molecular weight is 288 g/mol. The lowest BCUT2D eigenvalue weighted by Gasteiger charge is -2.33. The zero-order chi connectivity index (χ0) is 14.8. The highest BCUT2D eigenvalue weighted by atomic mass is 16.5. The molecule has 114 valence electrons. The molecule has 0 saturated carbocycles. The van der Waals surface area contributed by atoms with Crippen LogP contribution in [-0.2, 0) is 11.2 Å². The number of nitrogens with one attached hydrogen (secondary N) is 1. The standard InChI is InChI=1S/C17H24N2O2/c1-3-9-19-15-11-13(10-14-5-4-8-18-14)6-7-16(15)21-12(2)17(19)20/h6-7,11-12,14,18H,3-5,8-10H2,1-2H3. The smallest absolute Gasteiger partial charge is 0.267 e. The summed E-state index contributed by atoms with van der Waals surface area (Å²) in [6.45, 7) is 5.80. The highest BCUT2D eigenvalue weighted by Gasteiger charge is 2.31. The number of carbonyl (C=O) groups is 1. The summed E-state index contributed by atoms with van der Waals surface area (Å²) in [6.07, 6.45) is 4.09. The third-order valence-electron chi connectivity index (χ3n) is 4.32. The third-order valence-corrected chi connectivity index (χ3v) is 4.32. The van der Waals surface area contributed by atoms with Crippen LogP contribution in [0.2, 0.25) is 0 Å². The second kappa shape index (κ2) is 6.06. The van der Waals surface area contributed by atoms with Crippen molar-refractivity contribution >= 4 is 11.6 Å². The zero-order valence-electron chi connectivity index (χ0n) is 12.9. The molecule has 0 radical (unpaired) electrons. The Kier molecular flexibility index (Phi) is 4.15. The van der Waals surface area contributed by atoms with Crippen molar-refractivity contribution in [2.24, 2.45) is 0 Å². The Morgan fingerprint density at radius 1 is 1.43 bits per heavy atom. The highest BCUT2D eigenvalue weighted by Crippen LogP contribution is 2.35. The Balaban J connectivity index is 1.86. The minimum atomic E-state index is -0.383. The largest absolute Gasteiger partial charge is 0.479 e. The van der Waals surface area contributed by atoms with Gasteiger partial charge in [0, 0.05) is 12.6 Å². The van der Waals surface area contributed by atoms with Crippen molar-refractivity contribution in [1.82, 2.24) is 5.32 Å². The van der Waals surface area contributed by atoms with E-state index in [4.69, 9.17) is 4.74 Å². The number of carbonyl (C=O) groups excluding carboxylic acids is 1. The molecule has 2 aliphatic rings. The van der Waals surface area contributed by atoms with Gasteiger partial charge in [-0.3, -0.25) is 4.79 Å². The number of rotatable bonds is 4. The number of ether oxygens (including phenoxy) is 1. The minimum absolute atomic E-state index is 0.0699. The molecule has 1 N–H and O–H groups in total. The van der Waals surface area contributed by atoms with E-state index in [-0.39, 0.29) is 12.0 Å². The van der Waals surface area contributed by atoms with Crippen molar-refractivity contribution in [1.29, 1.82) is 0 Å². The van der Waals surface area contributed by atoms with Crippen LogP contribution in [0.25, 0.3) is 0 Å². The van der Waals surface area contributed by atoms with Gasteiger partial charge in [-0.25, -0.2) is 0 Å². The Labute approximate surface area is 126 Å². The molecule has 2 aliphatic heterocycles. The van der Waals surface area contributed by atoms with Gasteiger partial charge in [0.1, 0.15) is 5.75 Å². The normalized spacial score (nSPS) is 24.9. The van der Waals surface area contributed by atoms with Crippen molar-refractivity contribution < 1.29 is 9.53 Å². The summed E-state index contributed by atoms with van der Waals surface area (Å²) >= 11 is 0. The summed E-state index contributed by atoms with van der Waals surface area (Å²) < 4.78 is 5.74. The lowest BCUT2D eigenvalue weighted by molar-refractivity contribution is -0.125. The van der Waals surface area contributed by atoms with Gasteiger partial charge in [-0.15, -0.1) is 0 Å². The molecule has 1 aromatic rings. The van der Waals surface area contributed by atoms with E-state index >= 15 is 0 Å². The van der Waals surface area contributed by atoms with E-state index in [1.807, 2.05) is 17.9 Å². The van der Waals surface area contributed by atoms with Gasteiger partial charge in [0.2, 0.25) is 0 Å². The van der Waals surface area contributed by atoms with E-state index in [0.717, 1.165) is 37.4 Å². The van der Waals surface area contributed by atoms with E-state index in [1.54, 1.807) is 0 Å². The molecule has 0 spiro atoms. The van der Waals surface area contributed by atoms with Crippen LogP contribution in [0.15, 0.2) is 18.2 Å². The Bertz CT molecular complexity index is 524. The predicted molar refractivity (Wildman–Crippen MR) is 83.9 cm³/mol. The zero-order valence-corrected chi connectivity index (χ0v) is 12.9. The van der Waals surface area contributed by atoms with Crippen LogP contribution in [0, 0.1) is 0 Å². The fourth-order valence-corrected chi connectivity index (χ4v) is 3.25. The van der Waals surface area contributed by atoms with Crippen molar-refractivity contribution in [3.8, 4) is 5.75 Å². The Hall–Kier alpha value is -1.55. The number of hydrogen-bond donors (Lipinski definition) is 1. The van der Waals surface area contributed by atoms with Crippen molar-refractivity contribution in [2.45, 2.75) is 51.7 Å². The van der Waals surface area contributed by atoms with E-state index in [2.05, 4.69) is 24.4 Å². The molecular formula is C17H24N2O2. The first kappa shape index (κ1) is 14.4. The second-order valence-corrected chi connectivity index (χ2v) is 6.05. The lowest BCUT2D eigenvalue weighted by atomic mass is 10.0. The van der Waals surface area contributed by atoms with Crippen LogP contribution in [0.1, 0.15) is 38.7 Å². The number of hydrogen-bond acceptors (Lipinski definition) is 3. The van der Waals surface area contributed by atoms with E-state index < -0.39 is 0 Å². The van der Waals surface area contributed by atoms with Gasteiger partial charge in [-0.05, 0) is 56.8 Å². The molecule has 1 amide bonds. The third kappa shape index (κ3) is 2.91. The Morgan fingerprint density at radius 3 is 3.00 bits per heavy atom. The molecule has 0 bridgehead atoms. The number of benzene rings is 1. The van der Waals surface area contributed by atoms with Gasteiger partial charge in [-0.1, -0.05) is 13.0 Å². The Morgan fingerprint density at radius 2 is 2.29 bits per heavy atom. The fourth-order valence-electron chi connectivity index (χ4n) is 3.25. The average Bonchev–Trinajstić information content (AvgIpc) is 2.97. The second-order valence-electron chi connectivity index (χ2n) is 6.05. The van der Waals surface area contributed by atoms with Gasteiger partial charge in [0.25, 0.3) is 5.91 Å². The summed E-state index contributed by atoms with van der Waals surface area (Å²) in [5.74, 6) is 0.902. The van der Waals surface area contributed by atoms with Gasteiger partial charge >= 0.3 is 0 Å². The summed E-state index contributed by atoms with van der Waals surface area (Å²) in [7, 11) is 0. The molecule has 4 heteroatoms. The molecule has 0 aliphatic carbocycles. The van der Waals surface area contributed by atoms with Gasteiger partial charge in [0.05, 0.1) is 5.69 Å². The topological polar surface area (TPSA) is 41.6 Å². The van der Waals surface area contributed by atoms with Crippen LogP contribution in [0.4, 0.5) is 5.69 Å². The highest BCUT2D eigenvalue weighted by molar-refractivity contribution is 5.99. The summed E-state index contributed by atoms with van der Waals surface area (Å²) in [5, 5.41) is 3.53. The lowest BCUT2D eigenvalue weighted by Crippen LogP contribution is -2.44. The first-order valence-corrected chi connectivity index (χ1v) is 8.03. The van der Waals surface area contributed by atoms with Crippen LogP contribution in [-0.4, -0.2) is 31.1 Å². The molecule has 2 atom stereocenters. The van der Waals surface area contributed by atoms with Crippen LogP contribution >= 0.6 is 0 Å². The molecular weight excluding hydrogens is 264 g/mol. The molecule has 0 aromatic heterocycles. The number of anilines is 1. The van der Waals surface area contributed by atoms with Gasteiger partial charge in [-0.2, -0.15) is 0 Å². The van der Waals surface area contributed by atoms with E-state index in [0.29, 0.717) is 6.04 Å². The minimum Gasteiger partial charge on any atom is -0.479 e. The number of nitrogens with zero attached hydrogens (tertiary/aromatic N) is 1. The number of amides is 1. The quantitative estimate of drug-likeness (QED) is 0.925. The summed E-state index contributed by atoms with van der Waals surface area (Å²) in [4.78, 5) is 14.2. The molecule has 4 nitrogen and oxygen atoms in total. The molecule has 1 aromatic carbocycles.